The topological polar surface area (TPSA) is 61.3 Å². The molecule has 2 saturated heterocycles. The fraction of sp³-hybridized carbons (Fsp3) is 0.613. The van der Waals surface area contributed by atoms with Crippen molar-refractivity contribution in [1.82, 2.24) is 30.1 Å². The highest BCUT2D eigenvalue weighted by Gasteiger charge is 2.38. The highest BCUT2D eigenvalue weighted by atomic mass is 15.3. The van der Waals surface area contributed by atoms with Gasteiger partial charge in [0.1, 0.15) is 17.2 Å². The summed E-state index contributed by atoms with van der Waals surface area (Å²) < 4.78 is 2.30. The van der Waals surface area contributed by atoms with E-state index in [0.717, 1.165) is 69.0 Å². The van der Waals surface area contributed by atoms with Gasteiger partial charge in [-0.2, -0.15) is 0 Å². The van der Waals surface area contributed by atoms with E-state index in [4.69, 9.17) is 9.97 Å². The van der Waals surface area contributed by atoms with Gasteiger partial charge in [0.15, 0.2) is 5.65 Å². The van der Waals surface area contributed by atoms with Crippen LogP contribution in [0, 0.1) is 0 Å². The van der Waals surface area contributed by atoms with Crippen LogP contribution in [0.4, 0.5) is 5.82 Å². The van der Waals surface area contributed by atoms with Crippen molar-refractivity contribution in [2.45, 2.75) is 84.0 Å². The van der Waals surface area contributed by atoms with Crippen LogP contribution in [0.25, 0.3) is 11.2 Å². The lowest BCUT2D eigenvalue weighted by Crippen LogP contribution is -2.52. The number of aryl methyl sites for hydroxylation is 2. The maximum Gasteiger partial charge on any atom is 0.162 e. The zero-order valence-corrected chi connectivity index (χ0v) is 24.5. The van der Waals surface area contributed by atoms with E-state index in [0.29, 0.717) is 12.1 Å². The van der Waals surface area contributed by atoms with Crippen LogP contribution in [-0.4, -0.2) is 71.8 Å². The zero-order valence-electron chi connectivity index (χ0n) is 24.5. The number of rotatable bonds is 7. The summed E-state index contributed by atoms with van der Waals surface area (Å²) in [5.41, 5.74) is 3.58. The van der Waals surface area contributed by atoms with Crippen molar-refractivity contribution < 1.29 is 0 Å². The summed E-state index contributed by atoms with van der Waals surface area (Å²) >= 11 is 0. The van der Waals surface area contributed by atoms with Gasteiger partial charge in [-0.1, -0.05) is 43.7 Å². The zero-order chi connectivity index (χ0) is 27.1. The Kier molecular flexibility index (Phi) is 9.80. The van der Waals surface area contributed by atoms with Crippen molar-refractivity contribution in [3.05, 3.63) is 53.9 Å². The minimum absolute atomic E-state index is 0.0976. The number of pyridine rings is 1. The number of benzene rings is 1. The summed E-state index contributed by atoms with van der Waals surface area (Å²) in [6.07, 6.45) is 5.59. The number of piperazine rings is 1. The number of unbranched alkanes of at least 4 members (excludes halogenated alkanes) is 1. The van der Waals surface area contributed by atoms with E-state index in [1.54, 1.807) is 0 Å². The second-order valence-corrected chi connectivity index (χ2v) is 11.3. The summed E-state index contributed by atoms with van der Waals surface area (Å²) in [6.45, 7) is 14.0. The van der Waals surface area contributed by atoms with E-state index < -0.39 is 0 Å². The lowest BCUT2D eigenvalue weighted by Gasteiger charge is -2.47. The number of hydrogen-bond acceptors (Lipinski definition) is 6. The normalized spacial score (nSPS) is 21.4. The molecular formula is C31H49N7. The summed E-state index contributed by atoms with van der Waals surface area (Å²) in [5, 5.41) is 6.74. The fourth-order valence-electron chi connectivity index (χ4n) is 6.04. The van der Waals surface area contributed by atoms with E-state index >= 15 is 0 Å². The number of nitrogens with zero attached hydrogens (tertiary/aromatic N) is 5. The predicted molar refractivity (Wildman–Crippen MR) is 160 cm³/mol. The minimum Gasteiger partial charge on any atom is -0.356 e. The van der Waals surface area contributed by atoms with Crippen molar-refractivity contribution in [2.24, 2.45) is 0 Å². The highest BCUT2D eigenvalue weighted by Crippen LogP contribution is 2.38. The first-order chi connectivity index (χ1) is 18.4. The molecule has 0 aliphatic carbocycles. The number of imidazole rings is 1. The monoisotopic (exact) mass is 519 g/mol. The van der Waals surface area contributed by atoms with E-state index in [1.165, 1.54) is 24.2 Å². The number of anilines is 1. The van der Waals surface area contributed by atoms with Crippen LogP contribution in [-0.2, 0) is 18.5 Å². The average Bonchev–Trinajstić information content (AvgIpc) is 3.29. The van der Waals surface area contributed by atoms with Gasteiger partial charge in [0.25, 0.3) is 0 Å². The molecule has 2 aliphatic rings. The first-order valence-electron chi connectivity index (χ1n) is 14.7. The molecule has 2 aromatic heterocycles. The molecule has 1 aromatic carbocycles. The summed E-state index contributed by atoms with van der Waals surface area (Å²) in [6, 6.07) is 16.6. The molecular weight excluding hydrogens is 470 g/mol. The van der Waals surface area contributed by atoms with Crippen molar-refractivity contribution >= 4 is 17.0 Å². The van der Waals surface area contributed by atoms with Crippen molar-refractivity contribution in [1.29, 1.82) is 0 Å². The largest absolute Gasteiger partial charge is 0.356 e. The smallest absolute Gasteiger partial charge is 0.162 e. The third-order valence-electron chi connectivity index (χ3n) is 8.28. The Morgan fingerprint density at radius 1 is 0.947 bits per heavy atom. The van der Waals surface area contributed by atoms with Gasteiger partial charge in [-0.25, -0.2) is 9.97 Å². The molecule has 0 spiro atoms. The number of aromatic nitrogens is 3. The van der Waals surface area contributed by atoms with Gasteiger partial charge in [0.2, 0.25) is 0 Å². The Bertz CT molecular complexity index is 1120. The molecule has 208 valence electrons. The predicted octanol–water partition coefficient (Wildman–Crippen LogP) is 4.81. The average molecular weight is 520 g/mol. The molecule has 7 nitrogen and oxygen atoms in total. The lowest BCUT2D eigenvalue weighted by molar-refractivity contribution is 0.115. The van der Waals surface area contributed by atoms with E-state index in [9.17, 15) is 0 Å². The lowest BCUT2D eigenvalue weighted by atomic mass is 9.80. The maximum atomic E-state index is 5.08. The van der Waals surface area contributed by atoms with Crippen molar-refractivity contribution in [3.8, 4) is 0 Å². The Labute approximate surface area is 230 Å². The molecule has 0 amide bonds. The van der Waals surface area contributed by atoms with Crippen LogP contribution >= 0.6 is 0 Å². The van der Waals surface area contributed by atoms with Crippen molar-refractivity contribution in [2.75, 3.05) is 45.2 Å². The molecule has 2 atom stereocenters. The second-order valence-electron chi connectivity index (χ2n) is 11.3. The molecule has 2 unspecified atom stereocenters. The third kappa shape index (κ3) is 6.38. The minimum atomic E-state index is 0.0976. The first kappa shape index (κ1) is 28.5. The molecule has 38 heavy (non-hydrogen) atoms. The number of nitrogens with one attached hydrogen (secondary N) is 2. The van der Waals surface area contributed by atoms with E-state index in [2.05, 4.69) is 109 Å². The van der Waals surface area contributed by atoms with Crippen LogP contribution in [0.15, 0.2) is 42.5 Å². The molecule has 0 saturated carbocycles. The molecule has 0 radical (unpaired) electrons. The molecule has 5 rings (SSSR count). The van der Waals surface area contributed by atoms with Crippen LogP contribution in [0.3, 0.4) is 0 Å². The van der Waals surface area contributed by atoms with Crippen LogP contribution in [0.1, 0.15) is 64.8 Å². The molecule has 7 heteroatoms. The molecule has 2 fully saturated rings. The molecule has 2 N–H and O–H groups in total. The van der Waals surface area contributed by atoms with E-state index in [1.807, 2.05) is 0 Å². The van der Waals surface area contributed by atoms with Gasteiger partial charge in [0, 0.05) is 56.8 Å². The van der Waals surface area contributed by atoms with Crippen LogP contribution < -0.4 is 15.5 Å². The molecule has 2 aliphatic heterocycles. The second kappa shape index (κ2) is 13.0. The SMILES string of the molecule is CC1CNCC(C)N1.CCCCc1nc2ccc(N3CCC(c4ccccc4)(N(C)C)CC3)nc2n1CC. The van der Waals surface area contributed by atoms with Crippen LogP contribution in [0.5, 0.6) is 0 Å². The van der Waals surface area contributed by atoms with Crippen molar-refractivity contribution in [3.63, 3.8) is 0 Å². The quantitative estimate of drug-likeness (QED) is 0.467. The van der Waals surface area contributed by atoms with Gasteiger partial charge in [-0.15, -0.1) is 0 Å². The van der Waals surface area contributed by atoms with E-state index in [-0.39, 0.29) is 5.54 Å². The van der Waals surface area contributed by atoms with Gasteiger partial charge in [-0.05, 0) is 71.8 Å². The molecule has 0 bridgehead atoms. The molecule has 4 heterocycles. The summed E-state index contributed by atoms with van der Waals surface area (Å²) in [5.74, 6) is 2.26. The Morgan fingerprint density at radius 3 is 2.18 bits per heavy atom. The Balaban J connectivity index is 0.000000360. The summed E-state index contributed by atoms with van der Waals surface area (Å²) in [4.78, 5) is 14.8. The Morgan fingerprint density at radius 2 is 1.63 bits per heavy atom. The maximum absolute atomic E-state index is 5.08. The standard InChI is InChI=1S/C25H35N5.C6H14N2/c1-5-7-13-23-26-21-14-15-22(27-24(21)30(23)6-2)29-18-16-25(17-19-29,28(3)4)20-11-9-8-10-12-20;1-5-3-7-4-6(2)8-5/h8-12,14-15H,5-7,13,16-19H2,1-4H3;5-8H,3-4H2,1-2H3. The van der Waals surface area contributed by atoms with Gasteiger partial charge in [0.05, 0.1) is 0 Å². The third-order valence-corrected chi connectivity index (χ3v) is 8.28. The highest BCUT2D eigenvalue weighted by molar-refractivity contribution is 5.74. The van der Waals surface area contributed by atoms with Crippen LogP contribution in [0.2, 0.25) is 0 Å². The van der Waals surface area contributed by atoms with Gasteiger partial charge in [-0.3, -0.25) is 4.90 Å². The molecule has 3 aromatic rings. The number of hydrogen-bond donors (Lipinski definition) is 2. The fourth-order valence-corrected chi connectivity index (χ4v) is 6.04. The number of piperidine rings is 1. The van der Waals surface area contributed by atoms with Gasteiger partial charge >= 0.3 is 0 Å². The van der Waals surface area contributed by atoms with Gasteiger partial charge < -0.3 is 20.1 Å². The number of fused-ring (bicyclic) bond motifs is 1. The first-order valence-corrected chi connectivity index (χ1v) is 14.7. The Hall–Kier alpha value is -2.48. The summed E-state index contributed by atoms with van der Waals surface area (Å²) in [7, 11) is 4.43.